The van der Waals surface area contributed by atoms with Crippen LogP contribution in [0.4, 0.5) is 5.82 Å². The lowest BCUT2D eigenvalue weighted by Crippen LogP contribution is -2.33. The average Bonchev–Trinajstić information content (AvgIpc) is 2.39. The topological polar surface area (TPSA) is 37.8 Å². The van der Waals surface area contributed by atoms with Gasteiger partial charge in [0.25, 0.3) is 0 Å². The molecule has 3 nitrogen and oxygen atoms in total. The number of fused-ring (bicyclic) bond motifs is 1. The minimum absolute atomic E-state index is 0.0821. The number of nitrogens with one attached hydrogen (secondary N) is 1. The molecule has 0 spiro atoms. The van der Waals surface area contributed by atoms with Crippen LogP contribution in [-0.4, -0.2) is 15.7 Å². The first kappa shape index (κ1) is 11.8. The third-order valence-corrected chi connectivity index (χ3v) is 3.55. The summed E-state index contributed by atoms with van der Waals surface area (Å²) in [5.41, 5.74) is 0.0821. The number of hydrogen-bond donors (Lipinski definition) is 1. The largest absolute Gasteiger partial charge is 0.363 e. The van der Waals surface area contributed by atoms with E-state index in [2.05, 4.69) is 48.4 Å². The zero-order valence-corrected chi connectivity index (χ0v) is 10.7. The van der Waals surface area contributed by atoms with Crippen molar-refractivity contribution >= 4 is 16.6 Å². The van der Waals surface area contributed by atoms with Crippen LogP contribution < -0.4 is 5.32 Å². The first-order chi connectivity index (χ1) is 8.18. The Morgan fingerprint density at radius 2 is 1.88 bits per heavy atom. The number of nitrogens with zero attached hydrogens (tertiary/aromatic N) is 2. The van der Waals surface area contributed by atoms with Gasteiger partial charge < -0.3 is 5.32 Å². The van der Waals surface area contributed by atoms with Gasteiger partial charge in [-0.2, -0.15) is 5.10 Å². The van der Waals surface area contributed by atoms with Crippen LogP contribution in [0, 0.1) is 0 Å². The minimum atomic E-state index is 0.0821. The van der Waals surface area contributed by atoms with Crippen molar-refractivity contribution in [1.82, 2.24) is 10.2 Å². The van der Waals surface area contributed by atoms with Crippen molar-refractivity contribution in [3.05, 3.63) is 30.5 Å². The summed E-state index contributed by atoms with van der Waals surface area (Å²) in [7, 11) is 0. The maximum Gasteiger partial charge on any atom is 0.156 e. The maximum atomic E-state index is 4.23. The first-order valence-electron chi connectivity index (χ1n) is 6.17. The van der Waals surface area contributed by atoms with E-state index in [1.54, 1.807) is 6.20 Å². The van der Waals surface area contributed by atoms with E-state index >= 15 is 0 Å². The second-order valence-corrected chi connectivity index (χ2v) is 4.67. The summed E-state index contributed by atoms with van der Waals surface area (Å²) in [6.07, 6.45) is 3.93. The summed E-state index contributed by atoms with van der Waals surface area (Å²) in [6.45, 7) is 6.60. The number of rotatable bonds is 4. The summed E-state index contributed by atoms with van der Waals surface area (Å²) in [5, 5.41) is 14.1. The highest BCUT2D eigenvalue weighted by atomic mass is 15.2. The molecule has 0 aliphatic heterocycles. The van der Waals surface area contributed by atoms with Crippen molar-refractivity contribution in [3.63, 3.8) is 0 Å². The van der Waals surface area contributed by atoms with E-state index in [4.69, 9.17) is 0 Å². The van der Waals surface area contributed by atoms with Crippen LogP contribution in [-0.2, 0) is 0 Å². The molecule has 0 radical (unpaired) electrons. The molecule has 0 saturated heterocycles. The summed E-state index contributed by atoms with van der Waals surface area (Å²) in [6, 6.07) is 8.19. The molecular formula is C14H19N3. The summed E-state index contributed by atoms with van der Waals surface area (Å²) in [4.78, 5) is 0. The zero-order valence-electron chi connectivity index (χ0n) is 10.7. The van der Waals surface area contributed by atoms with Crippen LogP contribution in [0.3, 0.4) is 0 Å². The molecular weight excluding hydrogens is 210 g/mol. The van der Waals surface area contributed by atoms with Crippen LogP contribution in [0.2, 0.25) is 0 Å². The first-order valence-corrected chi connectivity index (χ1v) is 6.17. The standard InChI is InChI=1S/C14H19N3/c1-4-14(3,5-2)16-13-12-9-7-6-8-11(12)10-15-17-13/h6-10H,4-5H2,1-3H3,(H,16,17). The van der Waals surface area contributed by atoms with Crippen LogP contribution in [0.1, 0.15) is 33.6 Å². The van der Waals surface area contributed by atoms with E-state index in [1.807, 2.05) is 12.1 Å². The molecule has 3 heteroatoms. The van der Waals surface area contributed by atoms with Crippen molar-refractivity contribution in [1.29, 1.82) is 0 Å². The lowest BCUT2D eigenvalue weighted by molar-refractivity contribution is 0.476. The van der Waals surface area contributed by atoms with Gasteiger partial charge in [-0.1, -0.05) is 38.1 Å². The van der Waals surface area contributed by atoms with Crippen molar-refractivity contribution in [2.24, 2.45) is 0 Å². The molecule has 0 aliphatic carbocycles. The molecule has 0 fully saturated rings. The third kappa shape index (κ3) is 2.38. The van der Waals surface area contributed by atoms with Gasteiger partial charge in [-0.05, 0) is 19.8 Å². The van der Waals surface area contributed by atoms with Crippen molar-refractivity contribution in [2.45, 2.75) is 39.2 Å². The molecule has 0 unspecified atom stereocenters. The Balaban J connectivity index is 2.42. The number of aromatic nitrogens is 2. The highest BCUT2D eigenvalue weighted by molar-refractivity contribution is 5.91. The second kappa shape index (κ2) is 4.70. The Labute approximate surface area is 102 Å². The Kier molecular flexibility index (Phi) is 3.27. The molecule has 17 heavy (non-hydrogen) atoms. The molecule has 90 valence electrons. The van der Waals surface area contributed by atoms with E-state index in [0.29, 0.717) is 0 Å². The van der Waals surface area contributed by atoms with Crippen LogP contribution in [0.15, 0.2) is 30.5 Å². The molecule has 1 aromatic carbocycles. The van der Waals surface area contributed by atoms with Gasteiger partial charge in [0.2, 0.25) is 0 Å². The van der Waals surface area contributed by atoms with Crippen LogP contribution in [0.25, 0.3) is 10.8 Å². The molecule has 2 aromatic rings. The Morgan fingerprint density at radius 3 is 2.59 bits per heavy atom. The molecule has 0 amide bonds. The molecule has 2 rings (SSSR count). The summed E-state index contributed by atoms with van der Waals surface area (Å²) in [5.74, 6) is 0.884. The molecule has 1 aromatic heterocycles. The fourth-order valence-electron chi connectivity index (χ4n) is 1.83. The van der Waals surface area contributed by atoms with Gasteiger partial charge in [-0.25, -0.2) is 0 Å². The normalized spacial score (nSPS) is 11.7. The van der Waals surface area contributed by atoms with E-state index < -0.39 is 0 Å². The number of benzene rings is 1. The van der Waals surface area contributed by atoms with Gasteiger partial charge in [0.15, 0.2) is 5.82 Å². The van der Waals surface area contributed by atoms with E-state index in [9.17, 15) is 0 Å². The fraction of sp³-hybridized carbons (Fsp3) is 0.429. The highest BCUT2D eigenvalue weighted by Crippen LogP contribution is 2.25. The second-order valence-electron chi connectivity index (χ2n) is 4.67. The van der Waals surface area contributed by atoms with Gasteiger partial charge in [0.1, 0.15) is 0 Å². The number of hydrogen-bond acceptors (Lipinski definition) is 3. The summed E-state index contributed by atoms with van der Waals surface area (Å²) >= 11 is 0. The minimum Gasteiger partial charge on any atom is -0.363 e. The predicted molar refractivity (Wildman–Crippen MR) is 72.1 cm³/mol. The molecule has 0 saturated carbocycles. The van der Waals surface area contributed by atoms with E-state index in [0.717, 1.165) is 29.4 Å². The van der Waals surface area contributed by atoms with Gasteiger partial charge in [0, 0.05) is 16.3 Å². The SMILES string of the molecule is CCC(C)(CC)Nc1nncc2ccccc12. The van der Waals surface area contributed by atoms with Gasteiger partial charge in [0.05, 0.1) is 6.20 Å². The monoisotopic (exact) mass is 229 g/mol. The molecule has 1 N–H and O–H groups in total. The van der Waals surface area contributed by atoms with E-state index in [-0.39, 0.29) is 5.54 Å². The summed E-state index contributed by atoms with van der Waals surface area (Å²) < 4.78 is 0. The molecule has 0 atom stereocenters. The highest BCUT2D eigenvalue weighted by Gasteiger charge is 2.20. The van der Waals surface area contributed by atoms with Crippen LogP contribution in [0.5, 0.6) is 0 Å². The van der Waals surface area contributed by atoms with Gasteiger partial charge >= 0.3 is 0 Å². The predicted octanol–water partition coefficient (Wildman–Crippen LogP) is 3.62. The van der Waals surface area contributed by atoms with Crippen molar-refractivity contribution < 1.29 is 0 Å². The maximum absolute atomic E-state index is 4.23. The van der Waals surface area contributed by atoms with Crippen LogP contribution >= 0.6 is 0 Å². The van der Waals surface area contributed by atoms with Gasteiger partial charge in [-0.15, -0.1) is 5.10 Å². The van der Waals surface area contributed by atoms with Crippen molar-refractivity contribution in [3.8, 4) is 0 Å². The van der Waals surface area contributed by atoms with Crippen molar-refractivity contribution in [2.75, 3.05) is 5.32 Å². The molecule has 0 aliphatic rings. The smallest absolute Gasteiger partial charge is 0.156 e. The average molecular weight is 229 g/mol. The Morgan fingerprint density at radius 1 is 1.18 bits per heavy atom. The Bertz CT molecular complexity index is 498. The zero-order chi connectivity index (χ0) is 12.3. The third-order valence-electron chi connectivity index (χ3n) is 3.55. The van der Waals surface area contributed by atoms with E-state index in [1.165, 1.54) is 0 Å². The Hall–Kier alpha value is -1.64. The molecule has 0 bridgehead atoms. The quantitative estimate of drug-likeness (QED) is 0.870. The molecule has 1 heterocycles. The fourth-order valence-corrected chi connectivity index (χ4v) is 1.83. The number of anilines is 1. The van der Waals surface area contributed by atoms with Gasteiger partial charge in [-0.3, -0.25) is 0 Å². The lowest BCUT2D eigenvalue weighted by Gasteiger charge is -2.29. The lowest BCUT2D eigenvalue weighted by atomic mass is 9.95.